The third kappa shape index (κ3) is 6.77. The molecule has 2 N–H and O–H groups in total. The number of piperidine rings is 2. The molecule has 2 fully saturated rings. The highest BCUT2D eigenvalue weighted by atomic mass is 16.6. The molecular weight excluding hydrogens is 640 g/mol. The Balaban J connectivity index is 0.000000157. The summed E-state index contributed by atoms with van der Waals surface area (Å²) in [6.07, 6.45) is 3.20. The largest absolute Gasteiger partial charge is 0.486 e. The summed E-state index contributed by atoms with van der Waals surface area (Å²) < 4.78 is 34.2. The maximum Gasteiger partial charge on any atom is 0.410 e. The smallest absolute Gasteiger partial charge is 0.410 e. The van der Waals surface area contributed by atoms with Gasteiger partial charge in [-0.25, -0.2) is 9.59 Å². The molecule has 0 bridgehead atoms. The molecule has 2 aromatic carbocycles. The number of anilines is 2. The van der Waals surface area contributed by atoms with Gasteiger partial charge in [0.15, 0.2) is 23.0 Å². The third-order valence-electron chi connectivity index (χ3n) is 10.5. The fourth-order valence-corrected chi connectivity index (χ4v) is 7.94. The van der Waals surface area contributed by atoms with E-state index in [4.69, 9.17) is 28.4 Å². The lowest BCUT2D eigenvalue weighted by Gasteiger charge is -2.40. The van der Waals surface area contributed by atoms with E-state index in [0.717, 1.165) is 73.1 Å². The number of likely N-dealkylation sites (tertiary alicyclic amines) is 2. The van der Waals surface area contributed by atoms with Crippen LogP contribution < -0.4 is 29.6 Å². The number of ether oxygens (including phenoxy) is 6. The van der Waals surface area contributed by atoms with E-state index in [-0.39, 0.29) is 23.0 Å². The summed E-state index contributed by atoms with van der Waals surface area (Å²) in [4.78, 5) is 28.3. The standard InChI is InChI=1S/2C19H26N2O4/c1-18(2,3)25-17(22)21-6-4-19(5-7-21)12-20-14-11-16-15(10-13(14)19)23-8-9-24-16;1-18(2,3)25-17(22)21-8-6-19(7-9-21)12-20-13-4-5-14-16(15(13)19)24-11-10-23-14/h10-11,20H,4-9,12H2,1-3H3;4-5,20H,6-12H2,1-3H3. The molecule has 0 radical (unpaired) electrons. The second kappa shape index (κ2) is 12.8. The van der Waals surface area contributed by atoms with Crippen molar-refractivity contribution >= 4 is 23.6 Å². The Morgan fingerprint density at radius 3 is 1.70 bits per heavy atom. The molecule has 6 aliphatic rings. The van der Waals surface area contributed by atoms with E-state index in [1.165, 1.54) is 11.1 Å². The van der Waals surface area contributed by atoms with Crippen molar-refractivity contribution in [2.24, 2.45) is 0 Å². The lowest BCUT2D eigenvalue weighted by Crippen LogP contribution is -2.47. The van der Waals surface area contributed by atoms with Crippen LogP contribution in [-0.4, -0.2) is 98.9 Å². The molecule has 2 saturated heterocycles. The van der Waals surface area contributed by atoms with Gasteiger partial charge in [0.05, 0.1) is 0 Å². The number of hydrogen-bond donors (Lipinski definition) is 2. The molecule has 12 nitrogen and oxygen atoms in total. The van der Waals surface area contributed by atoms with E-state index in [1.807, 2.05) is 57.4 Å². The number of hydrogen-bond acceptors (Lipinski definition) is 10. The Morgan fingerprint density at radius 2 is 1.12 bits per heavy atom. The minimum atomic E-state index is -0.460. The predicted octanol–water partition coefficient (Wildman–Crippen LogP) is 6.30. The van der Waals surface area contributed by atoms with Crippen LogP contribution in [0, 0.1) is 0 Å². The van der Waals surface area contributed by atoms with E-state index in [0.29, 0.717) is 52.6 Å². The van der Waals surface area contributed by atoms with Gasteiger partial charge in [-0.05, 0) is 91.0 Å². The van der Waals surface area contributed by atoms with E-state index < -0.39 is 11.2 Å². The van der Waals surface area contributed by atoms with Gasteiger partial charge in [0.2, 0.25) is 0 Å². The van der Waals surface area contributed by atoms with Crippen LogP contribution in [0.3, 0.4) is 0 Å². The average Bonchev–Trinajstić information content (AvgIpc) is 3.61. The van der Waals surface area contributed by atoms with Gasteiger partial charge in [0.1, 0.15) is 37.6 Å². The van der Waals surface area contributed by atoms with Crippen molar-refractivity contribution < 1.29 is 38.0 Å². The third-order valence-corrected chi connectivity index (χ3v) is 10.5. The molecule has 12 heteroatoms. The Morgan fingerprint density at radius 1 is 0.640 bits per heavy atom. The number of benzene rings is 2. The number of fused-ring (bicyclic) bond motifs is 7. The molecule has 50 heavy (non-hydrogen) atoms. The van der Waals surface area contributed by atoms with Crippen LogP contribution in [-0.2, 0) is 20.3 Å². The Bertz CT molecular complexity index is 1610. The second-order valence-corrected chi connectivity index (χ2v) is 16.3. The first kappa shape index (κ1) is 34.2. The first-order valence-corrected chi connectivity index (χ1v) is 18.1. The molecule has 6 heterocycles. The molecule has 0 saturated carbocycles. The number of rotatable bonds is 0. The highest BCUT2D eigenvalue weighted by molar-refractivity contribution is 5.72. The molecular formula is C38H52N4O8. The summed E-state index contributed by atoms with van der Waals surface area (Å²) in [6.45, 7) is 18.4. The van der Waals surface area contributed by atoms with Gasteiger partial charge in [-0.15, -0.1) is 0 Å². The molecule has 2 amide bonds. The number of nitrogens with one attached hydrogen (secondary N) is 2. The zero-order valence-corrected chi connectivity index (χ0v) is 30.4. The summed E-state index contributed by atoms with van der Waals surface area (Å²) >= 11 is 0. The minimum absolute atomic E-state index is 0.000110. The molecule has 6 aliphatic heterocycles. The zero-order chi connectivity index (χ0) is 35.3. The SMILES string of the molecule is CC(C)(C)OC(=O)N1CCC2(CC1)CNc1cc3c(cc12)OCCO3.CC(C)(C)OC(=O)N1CCC2(CC1)CNc1ccc3c(c12)OCCO3. The number of carbonyl (C=O) groups is 2. The maximum atomic E-state index is 12.3. The minimum Gasteiger partial charge on any atom is -0.486 e. The van der Waals surface area contributed by atoms with Gasteiger partial charge in [-0.2, -0.15) is 0 Å². The normalized spacial score (nSPS) is 20.8. The molecule has 0 aliphatic carbocycles. The fraction of sp³-hybridized carbons (Fsp3) is 0.632. The highest BCUT2D eigenvalue weighted by Crippen LogP contribution is 2.52. The summed E-state index contributed by atoms with van der Waals surface area (Å²) in [6, 6.07) is 8.25. The van der Waals surface area contributed by atoms with E-state index in [9.17, 15) is 9.59 Å². The van der Waals surface area contributed by atoms with Gasteiger partial charge < -0.3 is 48.9 Å². The van der Waals surface area contributed by atoms with Crippen LogP contribution in [0.1, 0.15) is 78.4 Å². The van der Waals surface area contributed by atoms with Crippen LogP contribution in [0.2, 0.25) is 0 Å². The molecule has 272 valence electrons. The van der Waals surface area contributed by atoms with Crippen molar-refractivity contribution in [2.75, 3.05) is 76.3 Å². The average molecular weight is 693 g/mol. The van der Waals surface area contributed by atoms with Crippen molar-refractivity contribution in [3.8, 4) is 23.0 Å². The van der Waals surface area contributed by atoms with Crippen LogP contribution in [0.25, 0.3) is 0 Å². The summed E-state index contributed by atoms with van der Waals surface area (Å²) in [5.41, 5.74) is 3.94. The summed E-state index contributed by atoms with van der Waals surface area (Å²) in [5.74, 6) is 3.38. The van der Waals surface area contributed by atoms with Crippen LogP contribution in [0.15, 0.2) is 24.3 Å². The fourth-order valence-electron chi connectivity index (χ4n) is 7.94. The van der Waals surface area contributed by atoms with Crippen molar-refractivity contribution in [1.29, 1.82) is 0 Å². The second-order valence-electron chi connectivity index (χ2n) is 16.3. The van der Waals surface area contributed by atoms with Gasteiger partial charge in [0, 0.05) is 73.1 Å². The highest BCUT2D eigenvalue weighted by Gasteiger charge is 2.47. The van der Waals surface area contributed by atoms with Crippen molar-refractivity contribution in [1.82, 2.24) is 9.80 Å². The Kier molecular flexibility index (Phi) is 8.79. The lowest BCUT2D eigenvalue weighted by atomic mass is 9.74. The van der Waals surface area contributed by atoms with E-state index in [1.54, 1.807) is 0 Å². The first-order chi connectivity index (χ1) is 23.7. The monoisotopic (exact) mass is 692 g/mol. The number of amides is 2. The first-order valence-electron chi connectivity index (χ1n) is 18.1. The topological polar surface area (TPSA) is 120 Å². The quantitative estimate of drug-likeness (QED) is 0.325. The van der Waals surface area contributed by atoms with Gasteiger partial charge in [-0.1, -0.05) is 0 Å². The molecule has 2 spiro atoms. The van der Waals surface area contributed by atoms with Crippen molar-refractivity contribution in [3.05, 3.63) is 35.4 Å². The summed E-state index contributed by atoms with van der Waals surface area (Å²) in [7, 11) is 0. The maximum absolute atomic E-state index is 12.3. The van der Waals surface area contributed by atoms with Gasteiger partial charge in [0.25, 0.3) is 0 Å². The Labute approximate surface area is 295 Å². The lowest BCUT2D eigenvalue weighted by molar-refractivity contribution is 0.0160. The van der Waals surface area contributed by atoms with Crippen LogP contribution >= 0.6 is 0 Å². The van der Waals surface area contributed by atoms with Gasteiger partial charge in [-0.3, -0.25) is 0 Å². The number of nitrogens with zero attached hydrogens (tertiary/aromatic N) is 2. The molecule has 8 rings (SSSR count). The number of carbonyl (C=O) groups excluding carboxylic acids is 2. The van der Waals surface area contributed by atoms with Crippen molar-refractivity contribution in [2.45, 2.75) is 89.3 Å². The van der Waals surface area contributed by atoms with Crippen LogP contribution in [0.5, 0.6) is 23.0 Å². The van der Waals surface area contributed by atoms with Gasteiger partial charge >= 0.3 is 12.2 Å². The van der Waals surface area contributed by atoms with E-state index >= 15 is 0 Å². The zero-order valence-electron chi connectivity index (χ0n) is 30.4. The molecule has 0 unspecified atom stereocenters. The molecule has 0 atom stereocenters. The van der Waals surface area contributed by atoms with Crippen molar-refractivity contribution in [3.63, 3.8) is 0 Å². The Hall–Kier alpha value is -4.22. The summed E-state index contributed by atoms with van der Waals surface area (Å²) in [5, 5.41) is 7.05. The van der Waals surface area contributed by atoms with E-state index in [2.05, 4.69) is 28.8 Å². The predicted molar refractivity (Wildman–Crippen MR) is 189 cm³/mol. The molecule has 2 aromatic rings. The molecule has 0 aromatic heterocycles. The van der Waals surface area contributed by atoms with Crippen LogP contribution in [0.4, 0.5) is 21.0 Å².